The third-order valence-electron chi connectivity index (χ3n) is 4.45. The number of nitrogens with zero attached hydrogens (tertiary/aromatic N) is 3. The van der Waals surface area contributed by atoms with E-state index in [2.05, 4.69) is 34.5 Å². The Balaban J connectivity index is 1.56. The number of benzene rings is 1. The zero-order chi connectivity index (χ0) is 17.2. The molecule has 0 radical (unpaired) electrons. The van der Waals surface area contributed by atoms with E-state index in [0.29, 0.717) is 18.2 Å². The van der Waals surface area contributed by atoms with Gasteiger partial charge in [0, 0.05) is 30.6 Å². The predicted molar refractivity (Wildman–Crippen MR) is 95.7 cm³/mol. The smallest absolute Gasteiger partial charge is 0.272 e. The minimum atomic E-state index is -0.149. The summed E-state index contributed by atoms with van der Waals surface area (Å²) < 4.78 is 1.92. The van der Waals surface area contributed by atoms with Crippen molar-refractivity contribution in [1.82, 2.24) is 20.1 Å². The molecule has 1 fully saturated rings. The van der Waals surface area contributed by atoms with E-state index in [1.807, 2.05) is 35.0 Å². The summed E-state index contributed by atoms with van der Waals surface area (Å²) >= 11 is 0. The molecule has 25 heavy (non-hydrogen) atoms. The van der Waals surface area contributed by atoms with Crippen LogP contribution in [-0.2, 0) is 6.54 Å². The van der Waals surface area contributed by atoms with Crippen molar-refractivity contribution in [2.24, 2.45) is 0 Å². The molecule has 1 aliphatic carbocycles. The fraction of sp³-hybridized carbons (Fsp3) is 0.250. The van der Waals surface area contributed by atoms with Crippen LogP contribution in [0.4, 0.5) is 0 Å². The molecule has 0 spiro atoms. The van der Waals surface area contributed by atoms with Gasteiger partial charge >= 0.3 is 0 Å². The van der Waals surface area contributed by atoms with Gasteiger partial charge < -0.3 is 5.32 Å². The van der Waals surface area contributed by atoms with Gasteiger partial charge in [-0.05, 0) is 55.7 Å². The number of rotatable bonds is 5. The molecule has 0 unspecified atom stereocenters. The highest BCUT2D eigenvalue weighted by Crippen LogP contribution is 2.41. The number of aromatic nitrogens is 3. The average Bonchev–Trinajstić information content (AvgIpc) is 3.40. The van der Waals surface area contributed by atoms with Gasteiger partial charge in [-0.15, -0.1) is 0 Å². The molecule has 3 aromatic rings. The molecule has 1 amide bonds. The number of aryl methyl sites for hydroxylation is 1. The summed E-state index contributed by atoms with van der Waals surface area (Å²) in [6, 6.07) is 13.9. The molecule has 0 aliphatic heterocycles. The average molecular weight is 332 g/mol. The van der Waals surface area contributed by atoms with Gasteiger partial charge in [-0.2, -0.15) is 5.10 Å². The van der Waals surface area contributed by atoms with Gasteiger partial charge in [0.1, 0.15) is 0 Å². The lowest BCUT2D eigenvalue weighted by Crippen LogP contribution is -2.23. The van der Waals surface area contributed by atoms with Crippen molar-refractivity contribution < 1.29 is 4.79 Å². The van der Waals surface area contributed by atoms with Crippen molar-refractivity contribution in [1.29, 1.82) is 0 Å². The van der Waals surface area contributed by atoms with Crippen LogP contribution in [0, 0.1) is 6.92 Å². The van der Waals surface area contributed by atoms with E-state index < -0.39 is 0 Å². The molecule has 4 rings (SSSR count). The summed E-state index contributed by atoms with van der Waals surface area (Å²) in [5.74, 6) is 0.361. The second-order valence-electron chi connectivity index (χ2n) is 6.51. The molecule has 0 atom stereocenters. The lowest BCUT2D eigenvalue weighted by Gasteiger charge is -2.06. The lowest BCUT2D eigenvalue weighted by atomic mass is 10.2. The van der Waals surface area contributed by atoms with Crippen molar-refractivity contribution >= 4 is 5.91 Å². The summed E-state index contributed by atoms with van der Waals surface area (Å²) in [5.41, 5.74) is 4.82. The van der Waals surface area contributed by atoms with Crippen LogP contribution in [0.15, 0.2) is 54.9 Å². The molecule has 1 aliphatic rings. The minimum absolute atomic E-state index is 0.149. The Morgan fingerprint density at radius 2 is 1.88 bits per heavy atom. The van der Waals surface area contributed by atoms with Crippen LogP contribution in [-0.4, -0.2) is 20.7 Å². The molecule has 1 N–H and O–H groups in total. The zero-order valence-corrected chi connectivity index (χ0v) is 14.1. The number of pyridine rings is 1. The van der Waals surface area contributed by atoms with Crippen LogP contribution in [0.2, 0.25) is 0 Å². The Bertz CT molecular complexity index is 880. The minimum Gasteiger partial charge on any atom is -0.347 e. The molecular weight excluding hydrogens is 312 g/mol. The van der Waals surface area contributed by atoms with E-state index in [-0.39, 0.29) is 5.91 Å². The summed E-state index contributed by atoms with van der Waals surface area (Å²) in [7, 11) is 0. The van der Waals surface area contributed by atoms with Gasteiger partial charge in [0.15, 0.2) is 5.69 Å². The van der Waals surface area contributed by atoms with Crippen molar-refractivity contribution in [2.45, 2.75) is 32.2 Å². The second kappa shape index (κ2) is 6.51. The van der Waals surface area contributed by atoms with Crippen LogP contribution in [0.3, 0.4) is 0 Å². The number of amides is 1. The molecule has 5 nitrogen and oxygen atoms in total. The van der Waals surface area contributed by atoms with Crippen molar-refractivity contribution in [3.8, 4) is 5.69 Å². The second-order valence-corrected chi connectivity index (χ2v) is 6.51. The third-order valence-corrected chi connectivity index (χ3v) is 4.45. The molecule has 2 aromatic heterocycles. The molecule has 5 heteroatoms. The third kappa shape index (κ3) is 3.45. The highest BCUT2D eigenvalue weighted by molar-refractivity contribution is 5.92. The molecule has 1 aromatic carbocycles. The van der Waals surface area contributed by atoms with Gasteiger partial charge in [-0.3, -0.25) is 9.78 Å². The van der Waals surface area contributed by atoms with Gasteiger partial charge in [-0.25, -0.2) is 4.68 Å². The van der Waals surface area contributed by atoms with E-state index in [9.17, 15) is 4.79 Å². The SMILES string of the molecule is Cc1ccc(-n2nc(C(=O)NCc3ccncc3)cc2C2CC2)cc1. The van der Waals surface area contributed by atoms with Crippen LogP contribution in [0.1, 0.15) is 46.1 Å². The first-order chi connectivity index (χ1) is 12.2. The van der Waals surface area contributed by atoms with Crippen molar-refractivity contribution in [3.05, 3.63) is 77.4 Å². The highest BCUT2D eigenvalue weighted by Gasteiger charge is 2.29. The number of nitrogens with one attached hydrogen (secondary N) is 1. The predicted octanol–water partition coefficient (Wildman–Crippen LogP) is 3.38. The Labute approximate surface area is 146 Å². The lowest BCUT2D eigenvalue weighted by molar-refractivity contribution is 0.0945. The van der Waals surface area contributed by atoms with Gasteiger partial charge in [0.25, 0.3) is 5.91 Å². The standard InChI is InChI=1S/C20H20N4O/c1-14-2-6-17(7-3-14)24-19(16-4-5-16)12-18(23-24)20(25)22-13-15-8-10-21-11-9-15/h2-3,6-12,16H,4-5,13H2,1H3,(H,22,25). The first-order valence-electron chi connectivity index (χ1n) is 8.55. The van der Waals surface area contributed by atoms with E-state index in [1.165, 1.54) is 5.56 Å². The zero-order valence-electron chi connectivity index (χ0n) is 14.1. The quantitative estimate of drug-likeness (QED) is 0.779. The molecule has 0 saturated heterocycles. The number of hydrogen-bond acceptors (Lipinski definition) is 3. The highest BCUT2D eigenvalue weighted by atomic mass is 16.1. The van der Waals surface area contributed by atoms with Crippen molar-refractivity contribution in [3.63, 3.8) is 0 Å². The Morgan fingerprint density at radius 1 is 1.16 bits per heavy atom. The summed E-state index contributed by atoms with van der Waals surface area (Å²) in [6.07, 6.45) is 5.77. The van der Waals surface area contributed by atoms with Gasteiger partial charge in [0.2, 0.25) is 0 Å². The molecule has 2 heterocycles. The van der Waals surface area contributed by atoms with Crippen molar-refractivity contribution in [2.75, 3.05) is 0 Å². The van der Waals surface area contributed by atoms with E-state index in [4.69, 9.17) is 0 Å². The fourth-order valence-electron chi connectivity index (χ4n) is 2.84. The normalized spacial score (nSPS) is 13.6. The van der Waals surface area contributed by atoms with Crippen LogP contribution >= 0.6 is 0 Å². The monoisotopic (exact) mass is 332 g/mol. The Hall–Kier alpha value is -2.95. The summed E-state index contributed by atoms with van der Waals surface area (Å²) in [5, 5.41) is 7.51. The molecule has 1 saturated carbocycles. The van der Waals surface area contributed by atoms with Gasteiger partial charge in [-0.1, -0.05) is 17.7 Å². The first kappa shape index (κ1) is 15.6. The maximum Gasteiger partial charge on any atom is 0.272 e. The van der Waals surface area contributed by atoms with Gasteiger partial charge in [0.05, 0.1) is 5.69 Å². The fourth-order valence-corrected chi connectivity index (χ4v) is 2.84. The van der Waals surface area contributed by atoms with Crippen LogP contribution < -0.4 is 5.32 Å². The Morgan fingerprint density at radius 3 is 2.56 bits per heavy atom. The van der Waals surface area contributed by atoms with Crippen LogP contribution in [0.5, 0.6) is 0 Å². The number of hydrogen-bond donors (Lipinski definition) is 1. The van der Waals surface area contributed by atoms with E-state index in [1.54, 1.807) is 12.4 Å². The molecule has 0 bridgehead atoms. The van der Waals surface area contributed by atoms with E-state index in [0.717, 1.165) is 29.8 Å². The molecule has 126 valence electrons. The van der Waals surface area contributed by atoms with Crippen LogP contribution in [0.25, 0.3) is 5.69 Å². The number of carbonyl (C=O) groups is 1. The topological polar surface area (TPSA) is 59.8 Å². The summed E-state index contributed by atoms with van der Waals surface area (Å²) in [4.78, 5) is 16.5. The molecular formula is C20H20N4O. The van der Waals surface area contributed by atoms with E-state index >= 15 is 0 Å². The maximum atomic E-state index is 12.5. The largest absolute Gasteiger partial charge is 0.347 e. The first-order valence-corrected chi connectivity index (χ1v) is 8.55. The summed E-state index contributed by atoms with van der Waals surface area (Å²) in [6.45, 7) is 2.53. The Kier molecular flexibility index (Phi) is 4.06. The maximum absolute atomic E-state index is 12.5. The number of carbonyl (C=O) groups excluding carboxylic acids is 1.